The number of carbonyl (C=O) groups excluding carboxylic acids is 1. The number of piperidine rings is 1. The van der Waals surface area contributed by atoms with E-state index in [1.807, 2.05) is 30.3 Å². The Morgan fingerprint density at radius 3 is 2.07 bits per heavy atom. The second-order valence-corrected chi connectivity index (χ2v) is 13.6. The van der Waals surface area contributed by atoms with Crippen molar-refractivity contribution in [3.8, 4) is 22.5 Å². The number of rotatable bonds is 7. The Labute approximate surface area is 307 Å². The third-order valence-corrected chi connectivity index (χ3v) is 10.2. The molecule has 8 atom stereocenters. The molecule has 0 bridgehead atoms. The summed E-state index contributed by atoms with van der Waals surface area (Å²) >= 11 is 0. The van der Waals surface area contributed by atoms with Crippen molar-refractivity contribution in [1.82, 2.24) is 39.8 Å². The van der Waals surface area contributed by atoms with Crippen molar-refractivity contribution in [1.29, 1.82) is 0 Å². The van der Waals surface area contributed by atoms with Gasteiger partial charge in [-0.05, 0) is 24.3 Å². The summed E-state index contributed by atoms with van der Waals surface area (Å²) in [5.41, 5.74) is 2.51. The second kappa shape index (κ2) is 14.7. The third-order valence-electron chi connectivity index (χ3n) is 10.2. The van der Waals surface area contributed by atoms with Crippen LogP contribution in [0.15, 0.2) is 91.3 Å². The molecule has 3 aliphatic rings. The molecule has 3 aromatic carbocycles. The number of halogens is 2. The van der Waals surface area contributed by atoms with Crippen LogP contribution in [0.2, 0.25) is 0 Å². The largest absolute Gasteiger partial charge is 0.465 e. The number of hydrogen-bond donors (Lipinski definition) is 2. The number of aliphatic hydroxyl groups excluding tert-OH is 1. The lowest BCUT2D eigenvalue weighted by Crippen LogP contribution is -2.63. The number of aromatic nitrogens is 6. The molecule has 3 saturated heterocycles. The molecular formula is C37H36F2N8O7. The summed E-state index contributed by atoms with van der Waals surface area (Å²) in [6.07, 6.45) is -2.42. The highest BCUT2D eigenvalue weighted by atomic mass is 19.1. The Morgan fingerprint density at radius 2 is 1.46 bits per heavy atom. The molecular weight excluding hydrogens is 706 g/mol. The lowest BCUT2D eigenvalue weighted by molar-refractivity contribution is -0.298. The van der Waals surface area contributed by atoms with Crippen molar-refractivity contribution in [2.75, 3.05) is 26.7 Å². The Balaban J connectivity index is 1.06. The van der Waals surface area contributed by atoms with Crippen molar-refractivity contribution in [2.45, 2.75) is 55.3 Å². The molecule has 0 aliphatic carbocycles. The summed E-state index contributed by atoms with van der Waals surface area (Å²) in [7, 11) is 1.49. The number of hydrogen-bond acceptors (Lipinski definition) is 10. The maximum atomic E-state index is 14.4. The molecule has 0 saturated carbocycles. The van der Waals surface area contributed by atoms with E-state index in [-0.39, 0.29) is 26.1 Å². The summed E-state index contributed by atoms with van der Waals surface area (Å²) in [5.74, 6) is -1.40. The minimum atomic E-state index is -1.28. The van der Waals surface area contributed by atoms with Crippen molar-refractivity contribution in [3.63, 3.8) is 0 Å². The number of amides is 2. The standard InChI is InChI=1S/C37H36F2N8O7/c1-44(29-18-45(37(50)51)19-30(33(29)48)47-17-27(41-43-47)23-10-6-12-25(39)14-23)35(49)31-15-28(46-16-26(40-42-46)22-9-5-11-24(38)13-22)34-32(53-31)20-52-36(54-34)21-7-3-2-4-8-21/h2-14,16-17,28-34,36,48H,15,18-20H2,1H3,(H,50,51)/t28-,29-,30+,31-,32-,33+,34-,36?/m1/s1. The van der Waals surface area contributed by atoms with E-state index < -0.39 is 72.5 Å². The molecule has 0 spiro atoms. The number of aliphatic hydroxyl groups is 1. The first-order chi connectivity index (χ1) is 26.1. The molecule has 8 rings (SSSR count). The van der Waals surface area contributed by atoms with Crippen LogP contribution in [0.5, 0.6) is 0 Å². The van der Waals surface area contributed by atoms with E-state index in [2.05, 4.69) is 20.6 Å². The fraction of sp³-hybridized carbons (Fsp3) is 0.351. The zero-order chi connectivity index (χ0) is 37.5. The van der Waals surface area contributed by atoms with Gasteiger partial charge in [-0.2, -0.15) is 0 Å². The zero-order valence-electron chi connectivity index (χ0n) is 28.9. The van der Waals surface area contributed by atoms with Gasteiger partial charge >= 0.3 is 6.09 Å². The van der Waals surface area contributed by atoms with E-state index in [0.717, 1.165) is 10.5 Å². The van der Waals surface area contributed by atoms with E-state index in [9.17, 15) is 28.6 Å². The van der Waals surface area contributed by atoms with E-state index in [1.54, 1.807) is 29.1 Å². The van der Waals surface area contributed by atoms with Gasteiger partial charge in [0, 0.05) is 43.2 Å². The molecule has 2 N–H and O–H groups in total. The fourth-order valence-electron chi connectivity index (χ4n) is 7.40. The van der Waals surface area contributed by atoms with Crippen LogP contribution in [0.25, 0.3) is 22.5 Å². The number of fused-ring (bicyclic) bond motifs is 1. The molecule has 1 unspecified atom stereocenters. The van der Waals surface area contributed by atoms with Crippen LogP contribution < -0.4 is 0 Å². The van der Waals surface area contributed by atoms with Gasteiger partial charge in [0.2, 0.25) is 0 Å². The minimum Gasteiger partial charge on any atom is -0.465 e. The molecule has 280 valence electrons. The first-order valence-corrected chi connectivity index (χ1v) is 17.4. The summed E-state index contributed by atoms with van der Waals surface area (Å²) < 4.78 is 49.8. The third kappa shape index (κ3) is 6.93. The number of carbonyl (C=O) groups is 2. The minimum absolute atomic E-state index is 0.0762. The second-order valence-electron chi connectivity index (χ2n) is 13.6. The van der Waals surface area contributed by atoms with Crippen LogP contribution in [0.3, 0.4) is 0 Å². The predicted molar refractivity (Wildman–Crippen MR) is 184 cm³/mol. The highest BCUT2D eigenvalue weighted by Gasteiger charge is 2.50. The number of benzene rings is 3. The number of ether oxygens (including phenoxy) is 3. The molecule has 5 heterocycles. The average molecular weight is 743 g/mol. The quantitative estimate of drug-likeness (QED) is 0.249. The number of likely N-dealkylation sites (N-methyl/N-ethyl adjacent to an activating group) is 1. The summed E-state index contributed by atoms with van der Waals surface area (Å²) in [6, 6.07) is 18.6. The molecule has 54 heavy (non-hydrogen) atoms. The Bertz CT molecular complexity index is 2140. The maximum Gasteiger partial charge on any atom is 0.407 e. The van der Waals surface area contributed by atoms with Crippen LogP contribution in [0.1, 0.15) is 30.4 Å². The molecule has 0 radical (unpaired) electrons. The summed E-state index contributed by atoms with van der Waals surface area (Å²) in [5, 5.41) is 38.7. The normalized spacial score (nSPS) is 26.9. The van der Waals surface area contributed by atoms with Crippen LogP contribution >= 0.6 is 0 Å². The lowest BCUT2D eigenvalue weighted by atomic mass is 9.92. The highest BCUT2D eigenvalue weighted by molar-refractivity contribution is 5.81. The van der Waals surface area contributed by atoms with Crippen molar-refractivity contribution in [3.05, 3.63) is 108 Å². The number of carboxylic acid groups (broad SMARTS) is 1. The Hall–Kier alpha value is -5.62. The van der Waals surface area contributed by atoms with Gasteiger partial charge < -0.3 is 34.2 Å². The summed E-state index contributed by atoms with van der Waals surface area (Å²) in [6.45, 7) is -0.238. The summed E-state index contributed by atoms with van der Waals surface area (Å²) in [4.78, 5) is 29.1. The van der Waals surface area contributed by atoms with E-state index in [0.29, 0.717) is 22.5 Å². The highest BCUT2D eigenvalue weighted by Crippen LogP contribution is 2.40. The van der Waals surface area contributed by atoms with Gasteiger partial charge in [0.15, 0.2) is 6.29 Å². The Kier molecular flexibility index (Phi) is 9.61. The van der Waals surface area contributed by atoms with Gasteiger partial charge in [0.25, 0.3) is 5.91 Å². The number of nitrogens with zero attached hydrogens (tertiary/aromatic N) is 8. The van der Waals surface area contributed by atoms with Crippen LogP contribution in [0.4, 0.5) is 13.6 Å². The predicted octanol–water partition coefficient (Wildman–Crippen LogP) is 3.72. The smallest absolute Gasteiger partial charge is 0.407 e. The van der Waals surface area contributed by atoms with Crippen LogP contribution in [-0.2, 0) is 19.0 Å². The molecule has 17 heteroatoms. The van der Waals surface area contributed by atoms with Crippen LogP contribution in [-0.4, -0.2) is 119 Å². The molecule has 2 amide bonds. The fourth-order valence-corrected chi connectivity index (χ4v) is 7.40. The van der Waals surface area contributed by atoms with Crippen LogP contribution in [0, 0.1) is 11.6 Å². The first kappa shape index (κ1) is 35.4. The topological polar surface area (TPSA) is 170 Å². The monoisotopic (exact) mass is 742 g/mol. The van der Waals surface area contributed by atoms with Gasteiger partial charge in [-0.1, -0.05) is 65.0 Å². The van der Waals surface area contributed by atoms with E-state index >= 15 is 0 Å². The van der Waals surface area contributed by atoms with E-state index in [1.165, 1.54) is 53.2 Å². The Morgan fingerprint density at radius 1 is 0.833 bits per heavy atom. The van der Waals surface area contributed by atoms with Crippen molar-refractivity contribution >= 4 is 12.0 Å². The zero-order valence-corrected chi connectivity index (χ0v) is 28.9. The molecule has 15 nitrogen and oxygen atoms in total. The van der Waals surface area contributed by atoms with Gasteiger partial charge in [0.05, 0.1) is 37.1 Å². The maximum absolute atomic E-state index is 14.4. The van der Waals surface area contributed by atoms with E-state index in [4.69, 9.17) is 14.2 Å². The van der Waals surface area contributed by atoms with Crippen molar-refractivity contribution < 1.29 is 42.8 Å². The van der Waals surface area contributed by atoms with Gasteiger partial charge in [-0.3, -0.25) is 4.79 Å². The first-order valence-electron chi connectivity index (χ1n) is 17.4. The van der Waals surface area contributed by atoms with Gasteiger partial charge in [0.1, 0.15) is 47.4 Å². The molecule has 5 aromatic rings. The number of likely N-dealkylation sites (tertiary alicyclic amines) is 1. The van der Waals surface area contributed by atoms with Gasteiger partial charge in [-0.25, -0.2) is 22.9 Å². The van der Waals surface area contributed by atoms with Gasteiger partial charge in [-0.15, -0.1) is 10.2 Å². The average Bonchev–Trinajstić information content (AvgIpc) is 3.89. The van der Waals surface area contributed by atoms with Crippen molar-refractivity contribution in [2.24, 2.45) is 0 Å². The lowest BCUT2D eigenvalue weighted by Gasteiger charge is -2.47. The molecule has 2 aromatic heterocycles. The molecule has 3 aliphatic heterocycles. The SMILES string of the molecule is CN(C(=O)[C@H]1C[C@@H](n2cc(-c3cccc(F)c3)nn2)[C@H]2OC(c3ccccc3)OC[C@H]2O1)[C@@H]1CN(C(=O)O)C[C@H](n2cc(-c3cccc(F)c3)nn2)[C@H]1O. The molecule has 3 fully saturated rings.